The molecule has 0 saturated heterocycles. The topological polar surface area (TPSA) is 63.6 Å². The number of carboxylic acids is 1. The molecule has 0 heterocycles. The molecule has 1 aliphatic carbocycles. The number of carbonyl (C=O) groups is 2. The lowest BCUT2D eigenvalue weighted by atomic mass is 9.80. The van der Waals surface area contributed by atoms with Gasteiger partial charge in [0.05, 0.1) is 11.5 Å². The minimum absolute atomic E-state index is 0.000534. The molecule has 1 N–H and O–H groups in total. The van der Waals surface area contributed by atoms with Gasteiger partial charge < -0.3 is 9.84 Å². The molecule has 1 atom stereocenters. The van der Waals surface area contributed by atoms with E-state index >= 15 is 0 Å². The van der Waals surface area contributed by atoms with Crippen molar-refractivity contribution in [1.82, 2.24) is 0 Å². The quantitative estimate of drug-likeness (QED) is 0.260. The first-order chi connectivity index (χ1) is 16.9. The fourth-order valence-electron chi connectivity index (χ4n) is 5.50. The summed E-state index contributed by atoms with van der Waals surface area (Å²) in [5, 5.41) is 9.52. The molecule has 0 aliphatic heterocycles. The highest BCUT2D eigenvalue weighted by Crippen LogP contribution is 2.37. The van der Waals surface area contributed by atoms with E-state index in [1.165, 1.54) is 12.8 Å². The van der Waals surface area contributed by atoms with Gasteiger partial charge >= 0.3 is 11.9 Å². The van der Waals surface area contributed by atoms with E-state index in [-0.39, 0.29) is 11.9 Å². The van der Waals surface area contributed by atoms with Gasteiger partial charge in [0.15, 0.2) is 0 Å². The van der Waals surface area contributed by atoms with Crippen molar-refractivity contribution in [3.63, 3.8) is 0 Å². The van der Waals surface area contributed by atoms with E-state index in [4.69, 9.17) is 4.74 Å². The summed E-state index contributed by atoms with van der Waals surface area (Å²) in [7, 11) is 0. The maximum Gasteiger partial charge on any atom is 0.335 e. The SMILES string of the molecule is CCCC[C@@H](C)c1cc(OC(=O)[C@H]2CC[C@H](CCC)CC2)ccc1-c1ccc(C(=O)O)c(CC)c1. The molecule has 1 aliphatic rings. The van der Waals surface area contributed by atoms with Gasteiger partial charge in [0.2, 0.25) is 0 Å². The number of unbranched alkanes of at least 4 members (excludes halogenated alkanes) is 1. The van der Waals surface area contributed by atoms with E-state index in [0.29, 0.717) is 23.7 Å². The molecule has 2 aromatic rings. The molecular weight excluding hydrogens is 436 g/mol. The van der Waals surface area contributed by atoms with Crippen molar-refractivity contribution in [1.29, 1.82) is 0 Å². The second kappa shape index (κ2) is 12.9. The largest absolute Gasteiger partial charge is 0.478 e. The summed E-state index contributed by atoms with van der Waals surface area (Å²) in [5.41, 5.74) is 4.44. The minimum atomic E-state index is -0.893. The molecule has 4 heteroatoms. The number of carbonyl (C=O) groups excluding carboxylic acids is 1. The molecular formula is C31H42O4. The average Bonchev–Trinajstić information content (AvgIpc) is 2.87. The maximum absolute atomic E-state index is 12.9. The van der Waals surface area contributed by atoms with Crippen LogP contribution in [-0.2, 0) is 11.2 Å². The number of ether oxygens (including phenoxy) is 1. The number of rotatable bonds is 11. The number of aromatic carboxylic acids is 1. The van der Waals surface area contributed by atoms with Crippen molar-refractivity contribution in [2.45, 2.75) is 97.8 Å². The van der Waals surface area contributed by atoms with E-state index < -0.39 is 5.97 Å². The molecule has 2 aromatic carbocycles. The zero-order valence-electron chi connectivity index (χ0n) is 21.9. The third-order valence-corrected chi connectivity index (χ3v) is 7.67. The first kappa shape index (κ1) is 27.0. The third-order valence-electron chi connectivity index (χ3n) is 7.67. The molecule has 0 spiro atoms. The highest BCUT2D eigenvalue weighted by atomic mass is 16.5. The van der Waals surface area contributed by atoms with Crippen LogP contribution in [-0.4, -0.2) is 17.0 Å². The van der Waals surface area contributed by atoms with Crippen molar-refractivity contribution in [2.75, 3.05) is 0 Å². The fraction of sp³-hybridized carbons (Fsp3) is 0.548. The number of benzene rings is 2. The second-order valence-corrected chi connectivity index (χ2v) is 10.3. The van der Waals surface area contributed by atoms with Crippen LogP contribution in [0.15, 0.2) is 36.4 Å². The van der Waals surface area contributed by atoms with Crippen LogP contribution >= 0.6 is 0 Å². The minimum Gasteiger partial charge on any atom is -0.478 e. The van der Waals surface area contributed by atoms with E-state index in [1.54, 1.807) is 6.07 Å². The van der Waals surface area contributed by atoms with Gasteiger partial charge in [-0.3, -0.25) is 4.79 Å². The Hall–Kier alpha value is -2.62. The van der Waals surface area contributed by atoms with Gasteiger partial charge in [0.25, 0.3) is 0 Å². The molecule has 35 heavy (non-hydrogen) atoms. The number of hydrogen-bond acceptors (Lipinski definition) is 3. The third kappa shape index (κ3) is 6.96. The van der Waals surface area contributed by atoms with Crippen LogP contribution in [0.1, 0.15) is 113 Å². The Bertz CT molecular complexity index is 1000. The lowest BCUT2D eigenvalue weighted by molar-refractivity contribution is -0.140. The van der Waals surface area contributed by atoms with Crippen LogP contribution in [0.2, 0.25) is 0 Å². The molecule has 1 saturated carbocycles. The zero-order valence-corrected chi connectivity index (χ0v) is 21.9. The first-order valence-electron chi connectivity index (χ1n) is 13.6. The smallest absolute Gasteiger partial charge is 0.335 e. The predicted molar refractivity (Wildman–Crippen MR) is 142 cm³/mol. The standard InChI is InChI=1S/C31H42O4/c1-5-8-10-21(4)29-20-26(35-31(34)24-13-11-22(9-6-2)12-14-24)16-18-27(29)25-15-17-28(30(32)33)23(7-3)19-25/h15-22,24H,5-14H2,1-4H3,(H,32,33)/t21-,22-,24-/m1/s1. The first-order valence-corrected chi connectivity index (χ1v) is 13.6. The Labute approximate surface area is 211 Å². The van der Waals surface area contributed by atoms with Crippen LogP contribution in [0.4, 0.5) is 0 Å². The molecule has 0 radical (unpaired) electrons. The maximum atomic E-state index is 12.9. The summed E-state index contributed by atoms with van der Waals surface area (Å²) < 4.78 is 5.91. The van der Waals surface area contributed by atoms with Crippen molar-refractivity contribution in [2.24, 2.45) is 11.8 Å². The van der Waals surface area contributed by atoms with Gasteiger partial charge in [0.1, 0.15) is 5.75 Å². The number of carboxylic acid groups (broad SMARTS) is 1. The van der Waals surface area contributed by atoms with E-state index in [0.717, 1.165) is 73.1 Å². The molecule has 0 amide bonds. The summed E-state index contributed by atoms with van der Waals surface area (Å²) in [4.78, 5) is 24.5. The zero-order chi connectivity index (χ0) is 25.4. The Morgan fingerprint density at radius 1 is 1.00 bits per heavy atom. The fourth-order valence-corrected chi connectivity index (χ4v) is 5.50. The highest BCUT2D eigenvalue weighted by Gasteiger charge is 2.27. The van der Waals surface area contributed by atoms with E-state index in [2.05, 4.69) is 20.8 Å². The molecule has 3 rings (SSSR count). The Morgan fingerprint density at radius 3 is 2.37 bits per heavy atom. The molecule has 0 aromatic heterocycles. The molecule has 190 valence electrons. The lowest BCUT2D eigenvalue weighted by Gasteiger charge is -2.27. The number of hydrogen-bond donors (Lipinski definition) is 1. The van der Waals surface area contributed by atoms with Crippen LogP contribution in [0.3, 0.4) is 0 Å². The molecule has 0 unspecified atom stereocenters. The predicted octanol–water partition coefficient (Wildman–Crippen LogP) is 8.42. The summed E-state index contributed by atoms with van der Waals surface area (Å²) >= 11 is 0. The average molecular weight is 479 g/mol. The Balaban J connectivity index is 1.86. The summed E-state index contributed by atoms with van der Waals surface area (Å²) in [6, 6.07) is 11.6. The van der Waals surface area contributed by atoms with Crippen molar-refractivity contribution in [3.05, 3.63) is 53.1 Å². The summed E-state index contributed by atoms with van der Waals surface area (Å²) in [6.45, 7) is 8.63. The van der Waals surface area contributed by atoms with Crippen LogP contribution in [0, 0.1) is 11.8 Å². The molecule has 4 nitrogen and oxygen atoms in total. The van der Waals surface area contributed by atoms with Crippen molar-refractivity contribution < 1.29 is 19.4 Å². The Kier molecular flexibility index (Phi) is 9.94. The highest BCUT2D eigenvalue weighted by molar-refractivity contribution is 5.90. The van der Waals surface area contributed by atoms with Crippen molar-refractivity contribution in [3.8, 4) is 16.9 Å². The number of esters is 1. The van der Waals surface area contributed by atoms with Gasteiger partial charge in [-0.25, -0.2) is 4.79 Å². The normalized spacial score (nSPS) is 18.7. The van der Waals surface area contributed by atoms with Gasteiger partial charge in [-0.2, -0.15) is 0 Å². The van der Waals surface area contributed by atoms with Crippen molar-refractivity contribution >= 4 is 11.9 Å². The molecule has 1 fully saturated rings. The summed E-state index contributed by atoms with van der Waals surface area (Å²) in [5.74, 6) is 0.687. The van der Waals surface area contributed by atoms with Gasteiger partial charge in [-0.05, 0) is 90.8 Å². The van der Waals surface area contributed by atoms with E-state index in [1.807, 2.05) is 37.3 Å². The molecule has 0 bridgehead atoms. The van der Waals surface area contributed by atoms with Gasteiger partial charge in [-0.15, -0.1) is 0 Å². The van der Waals surface area contributed by atoms with Gasteiger partial charge in [0, 0.05) is 0 Å². The van der Waals surface area contributed by atoms with Crippen LogP contribution < -0.4 is 4.74 Å². The van der Waals surface area contributed by atoms with Gasteiger partial charge in [-0.1, -0.05) is 71.6 Å². The van der Waals surface area contributed by atoms with E-state index in [9.17, 15) is 14.7 Å². The Morgan fingerprint density at radius 2 is 1.74 bits per heavy atom. The van der Waals surface area contributed by atoms with Crippen LogP contribution in [0.25, 0.3) is 11.1 Å². The van der Waals surface area contributed by atoms with Crippen LogP contribution in [0.5, 0.6) is 5.75 Å². The summed E-state index contributed by atoms with van der Waals surface area (Å²) in [6.07, 6.45) is 10.5. The second-order valence-electron chi connectivity index (χ2n) is 10.3. The monoisotopic (exact) mass is 478 g/mol. The number of aryl methyl sites for hydroxylation is 1. The lowest BCUT2D eigenvalue weighted by Crippen LogP contribution is -2.25.